The topological polar surface area (TPSA) is 118 Å². The molecule has 114 valence electrons. The van der Waals surface area contributed by atoms with E-state index in [9.17, 15) is 23.3 Å². The fraction of sp³-hybridized carbons (Fsp3) is 0.417. The number of sulfone groups is 1. The van der Waals surface area contributed by atoms with Crippen LogP contribution in [-0.2, 0) is 9.84 Å². The number of nitro groups is 1. The zero-order chi connectivity index (χ0) is 15.5. The number of nitro benzene ring substituents is 1. The normalized spacial score (nSPS) is 20.5. The molecule has 2 N–H and O–H groups in total. The maximum Gasteiger partial charge on any atom is 0.319 e. The van der Waals surface area contributed by atoms with Gasteiger partial charge in [-0.1, -0.05) is 6.07 Å². The van der Waals surface area contributed by atoms with E-state index in [0.717, 1.165) is 0 Å². The zero-order valence-electron chi connectivity index (χ0n) is 11.1. The van der Waals surface area contributed by atoms with Crippen molar-refractivity contribution >= 4 is 27.2 Å². The Hall–Kier alpha value is -2.16. The second-order valence-electron chi connectivity index (χ2n) is 4.86. The molecule has 1 atom stereocenters. The van der Waals surface area contributed by atoms with Crippen molar-refractivity contribution in [1.82, 2.24) is 5.32 Å². The molecule has 0 aromatic heterocycles. The van der Waals surface area contributed by atoms with Crippen molar-refractivity contribution in [2.45, 2.75) is 18.9 Å². The second-order valence-corrected chi connectivity index (χ2v) is 7.09. The van der Waals surface area contributed by atoms with Crippen molar-refractivity contribution in [2.75, 3.05) is 16.8 Å². The lowest BCUT2D eigenvalue weighted by Crippen LogP contribution is -2.44. The van der Waals surface area contributed by atoms with E-state index in [4.69, 9.17) is 0 Å². The molecular formula is C12H15N3O5S. The molecule has 9 heteroatoms. The molecule has 1 aromatic carbocycles. The van der Waals surface area contributed by atoms with Gasteiger partial charge in [-0.15, -0.1) is 0 Å². The van der Waals surface area contributed by atoms with Crippen LogP contribution in [0.5, 0.6) is 0 Å². The van der Waals surface area contributed by atoms with Gasteiger partial charge in [0.05, 0.1) is 16.4 Å². The van der Waals surface area contributed by atoms with Crippen LogP contribution in [0.1, 0.15) is 12.8 Å². The van der Waals surface area contributed by atoms with Crippen molar-refractivity contribution in [3.63, 3.8) is 0 Å². The molecule has 0 saturated carbocycles. The van der Waals surface area contributed by atoms with E-state index in [1.807, 2.05) is 0 Å². The number of benzene rings is 1. The Morgan fingerprint density at radius 2 is 2.14 bits per heavy atom. The molecule has 0 radical (unpaired) electrons. The van der Waals surface area contributed by atoms with E-state index >= 15 is 0 Å². The maximum absolute atomic E-state index is 11.8. The predicted molar refractivity (Wildman–Crippen MR) is 76.9 cm³/mol. The number of hydrogen-bond acceptors (Lipinski definition) is 5. The Morgan fingerprint density at radius 3 is 2.81 bits per heavy atom. The highest BCUT2D eigenvalue weighted by molar-refractivity contribution is 7.91. The third-order valence-electron chi connectivity index (χ3n) is 3.11. The van der Waals surface area contributed by atoms with Gasteiger partial charge in [0.15, 0.2) is 9.84 Å². The first-order valence-electron chi connectivity index (χ1n) is 6.38. The standard InChI is InChI=1S/C12H15N3O5S/c16-12(14-10-4-2-6-21(19,20)8-10)13-9-3-1-5-11(7-9)15(17)18/h1,3,5,7,10H,2,4,6,8H2,(H2,13,14,16)/t10-/m1/s1. The van der Waals surface area contributed by atoms with Gasteiger partial charge in [-0.3, -0.25) is 10.1 Å². The lowest BCUT2D eigenvalue weighted by molar-refractivity contribution is -0.384. The van der Waals surface area contributed by atoms with Gasteiger partial charge >= 0.3 is 6.03 Å². The summed E-state index contributed by atoms with van der Waals surface area (Å²) in [5.41, 5.74) is 0.147. The number of nitrogens with one attached hydrogen (secondary N) is 2. The van der Waals surface area contributed by atoms with Crippen LogP contribution in [0.4, 0.5) is 16.2 Å². The summed E-state index contributed by atoms with van der Waals surface area (Å²) in [5.74, 6) is 0.0764. The minimum atomic E-state index is -3.10. The van der Waals surface area contributed by atoms with Gasteiger partial charge in [0, 0.05) is 23.9 Å². The molecule has 1 fully saturated rings. The number of rotatable bonds is 3. The van der Waals surface area contributed by atoms with Crippen molar-refractivity contribution in [1.29, 1.82) is 0 Å². The van der Waals surface area contributed by atoms with Gasteiger partial charge in [-0.2, -0.15) is 0 Å². The minimum absolute atomic E-state index is 0.0741. The Balaban J connectivity index is 1.95. The average molecular weight is 313 g/mol. The van der Waals surface area contributed by atoms with Crippen molar-refractivity contribution in [3.8, 4) is 0 Å². The molecule has 1 heterocycles. The molecule has 0 aliphatic carbocycles. The van der Waals surface area contributed by atoms with E-state index in [0.29, 0.717) is 12.8 Å². The number of anilines is 1. The van der Waals surface area contributed by atoms with Crippen LogP contribution in [-0.4, -0.2) is 36.9 Å². The second kappa shape index (κ2) is 6.08. The van der Waals surface area contributed by atoms with Crippen LogP contribution in [0.25, 0.3) is 0 Å². The SMILES string of the molecule is O=C(Nc1cccc([N+](=O)[O-])c1)N[C@@H]1CCCS(=O)(=O)C1. The molecule has 0 bridgehead atoms. The molecule has 8 nitrogen and oxygen atoms in total. The van der Waals surface area contributed by atoms with Gasteiger partial charge < -0.3 is 10.6 Å². The summed E-state index contributed by atoms with van der Waals surface area (Å²) in [4.78, 5) is 21.9. The average Bonchev–Trinajstić information content (AvgIpc) is 2.37. The fourth-order valence-corrected chi connectivity index (χ4v) is 3.82. The van der Waals surface area contributed by atoms with Crippen LogP contribution in [0, 0.1) is 10.1 Å². The van der Waals surface area contributed by atoms with Crippen LogP contribution in [0.2, 0.25) is 0 Å². The largest absolute Gasteiger partial charge is 0.334 e. The molecule has 2 amide bonds. The molecule has 1 aliphatic rings. The summed E-state index contributed by atoms with van der Waals surface area (Å²) >= 11 is 0. The summed E-state index contributed by atoms with van der Waals surface area (Å²) in [6.45, 7) is 0. The fourth-order valence-electron chi connectivity index (χ4n) is 2.19. The maximum atomic E-state index is 11.8. The Bertz CT molecular complexity index is 659. The van der Waals surface area contributed by atoms with Crippen LogP contribution in [0.3, 0.4) is 0 Å². The quantitative estimate of drug-likeness (QED) is 0.644. The van der Waals surface area contributed by atoms with Gasteiger partial charge in [-0.05, 0) is 18.9 Å². The van der Waals surface area contributed by atoms with Gasteiger partial charge in [0.2, 0.25) is 0 Å². The predicted octanol–water partition coefficient (Wildman–Crippen LogP) is 1.29. The highest BCUT2D eigenvalue weighted by atomic mass is 32.2. The first-order valence-corrected chi connectivity index (χ1v) is 8.20. The van der Waals surface area contributed by atoms with E-state index in [1.165, 1.54) is 24.3 Å². The van der Waals surface area contributed by atoms with E-state index in [1.54, 1.807) is 0 Å². The third kappa shape index (κ3) is 4.42. The number of amides is 2. The highest BCUT2D eigenvalue weighted by Crippen LogP contribution is 2.17. The number of carbonyl (C=O) groups is 1. The number of carbonyl (C=O) groups excluding carboxylic acids is 1. The number of urea groups is 1. The summed E-state index contributed by atoms with van der Waals surface area (Å²) in [7, 11) is -3.10. The van der Waals surface area contributed by atoms with Crippen molar-refractivity contribution < 1.29 is 18.1 Å². The Kier molecular flexibility index (Phi) is 4.41. The van der Waals surface area contributed by atoms with E-state index < -0.39 is 26.8 Å². The smallest absolute Gasteiger partial charge is 0.319 e. The monoisotopic (exact) mass is 313 g/mol. The molecule has 0 spiro atoms. The lowest BCUT2D eigenvalue weighted by atomic mass is 10.2. The third-order valence-corrected chi connectivity index (χ3v) is 4.93. The first-order chi connectivity index (χ1) is 9.85. The molecule has 1 aliphatic heterocycles. The van der Waals surface area contributed by atoms with Gasteiger partial charge in [-0.25, -0.2) is 13.2 Å². The Labute approximate surface area is 121 Å². The van der Waals surface area contributed by atoms with Crippen LogP contribution >= 0.6 is 0 Å². The van der Waals surface area contributed by atoms with Gasteiger partial charge in [0.1, 0.15) is 0 Å². The van der Waals surface area contributed by atoms with E-state index in [2.05, 4.69) is 10.6 Å². The molecule has 1 aromatic rings. The van der Waals surface area contributed by atoms with Crippen LogP contribution < -0.4 is 10.6 Å². The number of non-ortho nitro benzene ring substituents is 1. The molecule has 1 saturated heterocycles. The summed E-state index contributed by atoms with van der Waals surface area (Å²) in [5, 5.41) is 15.7. The molecule has 2 rings (SSSR count). The zero-order valence-corrected chi connectivity index (χ0v) is 11.9. The lowest BCUT2D eigenvalue weighted by Gasteiger charge is -2.23. The van der Waals surface area contributed by atoms with Crippen molar-refractivity contribution in [3.05, 3.63) is 34.4 Å². The first kappa shape index (κ1) is 15.2. The number of hydrogen-bond donors (Lipinski definition) is 2. The summed E-state index contributed by atoms with van der Waals surface area (Å²) in [6.07, 6.45) is 1.12. The Morgan fingerprint density at radius 1 is 1.38 bits per heavy atom. The number of nitrogens with zero attached hydrogens (tertiary/aromatic N) is 1. The summed E-state index contributed by atoms with van der Waals surface area (Å²) < 4.78 is 22.9. The highest BCUT2D eigenvalue weighted by Gasteiger charge is 2.25. The molecule has 21 heavy (non-hydrogen) atoms. The summed E-state index contributed by atoms with van der Waals surface area (Å²) in [6, 6.07) is 4.52. The van der Waals surface area contributed by atoms with Crippen LogP contribution in [0.15, 0.2) is 24.3 Å². The van der Waals surface area contributed by atoms with E-state index in [-0.39, 0.29) is 22.9 Å². The van der Waals surface area contributed by atoms with Crippen molar-refractivity contribution in [2.24, 2.45) is 0 Å². The molecule has 0 unspecified atom stereocenters. The minimum Gasteiger partial charge on any atom is -0.334 e. The molecular weight excluding hydrogens is 298 g/mol. The van der Waals surface area contributed by atoms with Gasteiger partial charge in [0.25, 0.3) is 5.69 Å².